The highest BCUT2D eigenvalue weighted by molar-refractivity contribution is 5.23. The maximum Gasteiger partial charge on any atom is 0.00836 e. The van der Waals surface area contributed by atoms with Crippen molar-refractivity contribution < 1.29 is 0 Å². The first kappa shape index (κ1) is 17.2. The van der Waals surface area contributed by atoms with E-state index < -0.39 is 0 Å². The van der Waals surface area contributed by atoms with Crippen molar-refractivity contribution in [1.29, 1.82) is 0 Å². The number of rotatable bonds is 5. The van der Waals surface area contributed by atoms with Gasteiger partial charge in [-0.1, -0.05) is 32.4 Å². The molecule has 1 aliphatic carbocycles. The molecule has 1 aliphatic rings. The Morgan fingerprint density at radius 3 is 2.22 bits per heavy atom. The molecule has 0 bridgehead atoms. The number of allylic oxidation sites excluding steroid dienone is 4. The van der Waals surface area contributed by atoms with Crippen LogP contribution in [-0.2, 0) is 0 Å². The second-order valence-corrected chi connectivity index (χ2v) is 5.25. The van der Waals surface area contributed by atoms with Gasteiger partial charge >= 0.3 is 0 Å². The Bertz CT molecular complexity index is 277. The zero-order valence-electron chi connectivity index (χ0n) is 13.2. The summed E-state index contributed by atoms with van der Waals surface area (Å²) in [6.07, 6.45) is 7.72. The van der Waals surface area contributed by atoms with Crippen LogP contribution in [0.4, 0.5) is 0 Å². The zero-order chi connectivity index (χ0) is 14.1. The van der Waals surface area contributed by atoms with Gasteiger partial charge in [0.25, 0.3) is 0 Å². The Morgan fingerprint density at radius 1 is 1.17 bits per heavy atom. The molecule has 1 atom stereocenters. The molecule has 2 N–H and O–H groups in total. The molecule has 0 saturated heterocycles. The van der Waals surface area contributed by atoms with Gasteiger partial charge in [-0.05, 0) is 58.7 Å². The third-order valence-corrected chi connectivity index (χ3v) is 3.64. The summed E-state index contributed by atoms with van der Waals surface area (Å²) in [5.74, 6) is 0.686. The van der Waals surface area contributed by atoms with Gasteiger partial charge in [-0.3, -0.25) is 0 Å². The standard InChI is InChI=1S/C14H26N2.C2H6/c1-11(2)16(4)10-9-12(3)13-5-7-14(15)8-6-13;1-2/h5,7,11-12H,6,8-10,15H2,1-4H3;1-2H3. The highest BCUT2D eigenvalue weighted by Gasteiger charge is 2.13. The van der Waals surface area contributed by atoms with Crippen LogP contribution in [0.15, 0.2) is 23.4 Å². The molecule has 0 amide bonds. The monoisotopic (exact) mass is 252 g/mol. The van der Waals surface area contributed by atoms with Gasteiger partial charge < -0.3 is 10.6 Å². The summed E-state index contributed by atoms with van der Waals surface area (Å²) in [6, 6.07) is 0.642. The molecule has 0 fully saturated rings. The molecule has 106 valence electrons. The minimum absolute atomic E-state index is 0.642. The second-order valence-electron chi connectivity index (χ2n) is 5.25. The van der Waals surface area contributed by atoms with E-state index in [4.69, 9.17) is 5.73 Å². The van der Waals surface area contributed by atoms with E-state index in [9.17, 15) is 0 Å². The second kappa shape index (κ2) is 9.21. The smallest absolute Gasteiger partial charge is 0.00836 e. The molecule has 0 spiro atoms. The molecule has 0 radical (unpaired) electrons. The van der Waals surface area contributed by atoms with Crippen LogP contribution in [0.1, 0.15) is 53.9 Å². The summed E-state index contributed by atoms with van der Waals surface area (Å²) in [7, 11) is 2.20. The molecule has 2 nitrogen and oxygen atoms in total. The van der Waals surface area contributed by atoms with Crippen LogP contribution < -0.4 is 5.73 Å². The predicted octanol–water partition coefficient (Wildman–Crippen LogP) is 3.94. The molecule has 0 aromatic heterocycles. The minimum Gasteiger partial charge on any atom is -0.402 e. The maximum atomic E-state index is 5.77. The van der Waals surface area contributed by atoms with Crippen molar-refractivity contribution in [3.8, 4) is 0 Å². The SMILES string of the molecule is CC.CC(CCN(C)C(C)C)C1=CC=C(N)CC1. The highest BCUT2D eigenvalue weighted by Crippen LogP contribution is 2.24. The first-order chi connectivity index (χ1) is 8.50. The van der Waals surface area contributed by atoms with Crippen LogP contribution in [0.2, 0.25) is 0 Å². The zero-order valence-corrected chi connectivity index (χ0v) is 13.2. The average Bonchev–Trinajstić information content (AvgIpc) is 2.38. The average molecular weight is 252 g/mol. The fourth-order valence-corrected chi connectivity index (χ4v) is 1.92. The molecule has 1 rings (SSSR count). The minimum atomic E-state index is 0.642. The molecule has 18 heavy (non-hydrogen) atoms. The molecule has 0 saturated carbocycles. The molecule has 0 aliphatic heterocycles. The van der Waals surface area contributed by atoms with Gasteiger partial charge in [0.05, 0.1) is 0 Å². The van der Waals surface area contributed by atoms with Crippen molar-refractivity contribution in [2.75, 3.05) is 13.6 Å². The van der Waals surface area contributed by atoms with E-state index in [0.29, 0.717) is 12.0 Å². The molecule has 1 unspecified atom stereocenters. The largest absolute Gasteiger partial charge is 0.402 e. The van der Waals surface area contributed by atoms with Crippen LogP contribution in [0.5, 0.6) is 0 Å². The summed E-state index contributed by atoms with van der Waals surface area (Å²) in [5.41, 5.74) is 8.35. The van der Waals surface area contributed by atoms with E-state index in [2.05, 4.69) is 44.9 Å². The number of hydrogen-bond donors (Lipinski definition) is 1. The third-order valence-electron chi connectivity index (χ3n) is 3.64. The van der Waals surface area contributed by atoms with Gasteiger partial charge in [-0.25, -0.2) is 0 Å². The van der Waals surface area contributed by atoms with E-state index in [1.807, 2.05) is 13.8 Å². The Labute approximate surface area is 114 Å². The van der Waals surface area contributed by atoms with E-state index >= 15 is 0 Å². The molecular weight excluding hydrogens is 220 g/mol. The summed E-state index contributed by atoms with van der Waals surface area (Å²) in [4.78, 5) is 2.41. The Kier molecular flexibility index (Phi) is 8.82. The van der Waals surface area contributed by atoms with Crippen LogP contribution >= 0.6 is 0 Å². The van der Waals surface area contributed by atoms with Crippen molar-refractivity contribution in [2.24, 2.45) is 11.7 Å². The predicted molar refractivity (Wildman–Crippen MR) is 82.5 cm³/mol. The summed E-state index contributed by atoms with van der Waals surface area (Å²) < 4.78 is 0. The lowest BCUT2D eigenvalue weighted by Gasteiger charge is -2.24. The van der Waals surface area contributed by atoms with E-state index in [1.54, 1.807) is 5.57 Å². The molecule has 0 aromatic carbocycles. The van der Waals surface area contributed by atoms with Gasteiger partial charge in [0.15, 0.2) is 0 Å². The van der Waals surface area contributed by atoms with Gasteiger partial charge in [-0.15, -0.1) is 0 Å². The first-order valence-corrected chi connectivity index (χ1v) is 7.36. The van der Waals surface area contributed by atoms with Gasteiger partial charge in [0, 0.05) is 11.7 Å². The number of nitrogens with two attached hydrogens (primary N) is 1. The third kappa shape index (κ3) is 6.25. The van der Waals surface area contributed by atoms with E-state index in [1.165, 1.54) is 13.0 Å². The van der Waals surface area contributed by atoms with Crippen molar-refractivity contribution in [2.45, 2.75) is 59.9 Å². The van der Waals surface area contributed by atoms with E-state index in [-0.39, 0.29) is 0 Å². The fourth-order valence-electron chi connectivity index (χ4n) is 1.92. The highest BCUT2D eigenvalue weighted by atomic mass is 15.1. The normalized spacial score (nSPS) is 16.9. The Morgan fingerprint density at radius 2 is 1.78 bits per heavy atom. The molecule has 2 heteroatoms. The van der Waals surface area contributed by atoms with Gasteiger partial charge in [-0.2, -0.15) is 0 Å². The van der Waals surface area contributed by atoms with Gasteiger partial charge in [0.1, 0.15) is 0 Å². The lowest BCUT2D eigenvalue weighted by molar-refractivity contribution is 0.259. The summed E-state index contributed by atoms with van der Waals surface area (Å²) >= 11 is 0. The van der Waals surface area contributed by atoms with Crippen molar-refractivity contribution >= 4 is 0 Å². The van der Waals surface area contributed by atoms with Crippen molar-refractivity contribution in [3.63, 3.8) is 0 Å². The number of hydrogen-bond acceptors (Lipinski definition) is 2. The van der Waals surface area contributed by atoms with Crippen LogP contribution in [0.3, 0.4) is 0 Å². The summed E-state index contributed by atoms with van der Waals surface area (Å²) in [6.45, 7) is 12.0. The molecular formula is C16H32N2. The van der Waals surface area contributed by atoms with E-state index in [0.717, 1.165) is 18.5 Å². The van der Waals surface area contributed by atoms with Crippen LogP contribution in [-0.4, -0.2) is 24.5 Å². The molecule has 0 aromatic rings. The van der Waals surface area contributed by atoms with Crippen molar-refractivity contribution in [3.05, 3.63) is 23.4 Å². The lowest BCUT2D eigenvalue weighted by atomic mass is 9.90. The van der Waals surface area contributed by atoms with Gasteiger partial charge in [0.2, 0.25) is 0 Å². The number of nitrogens with zero attached hydrogens (tertiary/aromatic N) is 1. The van der Waals surface area contributed by atoms with Crippen LogP contribution in [0.25, 0.3) is 0 Å². The maximum absolute atomic E-state index is 5.77. The van der Waals surface area contributed by atoms with Crippen LogP contribution in [0, 0.1) is 5.92 Å². The summed E-state index contributed by atoms with van der Waals surface area (Å²) in [5, 5.41) is 0. The quantitative estimate of drug-likeness (QED) is 0.803. The lowest BCUT2D eigenvalue weighted by Crippen LogP contribution is -2.28. The molecule has 0 heterocycles. The first-order valence-electron chi connectivity index (χ1n) is 7.36. The Hall–Kier alpha value is -0.760. The topological polar surface area (TPSA) is 29.3 Å². The Balaban J connectivity index is 0.00000137. The fraction of sp³-hybridized carbons (Fsp3) is 0.750. The van der Waals surface area contributed by atoms with Crippen molar-refractivity contribution in [1.82, 2.24) is 4.90 Å².